The molecule has 0 spiro atoms. The van der Waals surface area contributed by atoms with Crippen molar-refractivity contribution >= 4 is 28.4 Å². The fraction of sp³-hybridized carbons (Fsp3) is 0. The molecule has 0 fully saturated rings. The van der Waals surface area contributed by atoms with Gasteiger partial charge in [-0.25, -0.2) is 9.67 Å². The van der Waals surface area contributed by atoms with Gasteiger partial charge < -0.3 is 0 Å². The molecule has 0 bridgehead atoms. The van der Waals surface area contributed by atoms with Gasteiger partial charge in [-0.2, -0.15) is 5.10 Å². The van der Waals surface area contributed by atoms with Crippen LogP contribution in [0.3, 0.4) is 0 Å². The number of carbonyl (C=O) groups is 1. The van der Waals surface area contributed by atoms with Crippen LogP contribution in [-0.2, 0) is 0 Å². The molecule has 134 valence electrons. The Labute approximate surface area is 165 Å². The Morgan fingerprint density at radius 2 is 1.64 bits per heavy atom. The van der Waals surface area contributed by atoms with Gasteiger partial charge in [-0.3, -0.25) is 4.79 Å². The van der Waals surface area contributed by atoms with Gasteiger partial charge in [-0.15, -0.1) is 11.3 Å². The SMILES string of the molecule is O=Cc1cn(-c2nc(-c3ccccc3)cs2)nc1-c1ccc2ccccc2c1. The van der Waals surface area contributed by atoms with Crippen molar-refractivity contribution in [2.24, 2.45) is 0 Å². The molecule has 0 aliphatic carbocycles. The van der Waals surface area contributed by atoms with Crippen molar-refractivity contribution in [3.63, 3.8) is 0 Å². The summed E-state index contributed by atoms with van der Waals surface area (Å²) < 4.78 is 1.69. The van der Waals surface area contributed by atoms with Crippen LogP contribution >= 0.6 is 11.3 Å². The summed E-state index contributed by atoms with van der Waals surface area (Å²) in [6.45, 7) is 0. The predicted octanol–water partition coefficient (Wildman–Crippen LogP) is 5.63. The molecule has 5 rings (SSSR count). The van der Waals surface area contributed by atoms with E-state index in [4.69, 9.17) is 0 Å². The minimum absolute atomic E-state index is 0.548. The van der Waals surface area contributed by atoms with Gasteiger partial charge in [0.15, 0.2) is 6.29 Å². The van der Waals surface area contributed by atoms with Gasteiger partial charge in [0.25, 0.3) is 0 Å². The van der Waals surface area contributed by atoms with Gasteiger partial charge in [0, 0.05) is 22.7 Å². The molecule has 3 aromatic carbocycles. The van der Waals surface area contributed by atoms with Crippen molar-refractivity contribution in [2.45, 2.75) is 0 Å². The molecule has 0 saturated carbocycles. The Balaban J connectivity index is 1.57. The maximum Gasteiger partial charge on any atom is 0.210 e. The average Bonchev–Trinajstić information content (AvgIpc) is 3.41. The summed E-state index contributed by atoms with van der Waals surface area (Å²) >= 11 is 1.50. The molecule has 2 aromatic heterocycles. The van der Waals surface area contributed by atoms with Crippen LogP contribution in [0.2, 0.25) is 0 Å². The maximum atomic E-state index is 11.7. The molecule has 4 nitrogen and oxygen atoms in total. The van der Waals surface area contributed by atoms with Gasteiger partial charge in [0.2, 0.25) is 5.13 Å². The molecular weight excluding hydrogens is 366 g/mol. The smallest absolute Gasteiger partial charge is 0.210 e. The molecule has 0 amide bonds. The van der Waals surface area contributed by atoms with Crippen LogP contribution in [0, 0.1) is 0 Å². The lowest BCUT2D eigenvalue weighted by atomic mass is 10.0. The highest BCUT2D eigenvalue weighted by Gasteiger charge is 2.14. The first-order valence-corrected chi connectivity index (χ1v) is 9.75. The van der Waals surface area contributed by atoms with Crippen LogP contribution < -0.4 is 0 Å². The maximum absolute atomic E-state index is 11.7. The van der Waals surface area contributed by atoms with E-state index in [1.165, 1.54) is 11.3 Å². The number of thiazole rings is 1. The lowest BCUT2D eigenvalue weighted by molar-refractivity contribution is 0.112. The predicted molar refractivity (Wildman–Crippen MR) is 113 cm³/mol. The van der Waals surface area contributed by atoms with Gasteiger partial charge in [-0.05, 0) is 16.8 Å². The Morgan fingerprint density at radius 1 is 0.857 bits per heavy atom. The molecule has 0 N–H and O–H groups in total. The molecule has 0 unspecified atom stereocenters. The van der Waals surface area contributed by atoms with E-state index in [1.54, 1.807) is 10.9 Å². The van der Waals surface area contributed by atoms with Crippen LogP contribution in [0.4, 0.5) is 0 Å². The summed E-state index contributed by atoms with van der Waals surface area (Å²) in [5.74, 6) is 0. The number of nitrogens with zero attached hydrogens (tertiary/aromatic N) is 3. The van der Waals surface area contributed by atoms with Crippen molar-refractivity contribution in [1.82, 2.24) is 14.8 Å². The first kappa shape index (κ1) is 16.6. The number of rotatable bonds is 4. The van der Waals surface area contributed by atoms with E-state index in [9.17, 15) is 4.79 Å². The van der Waals surface area contributed by atoms with Crippen molar-refractivity contribution in [3.05, 3.63) is 89.9 Å². The quantitative estimate of drug-likeness (QED) is 0.379. The number of aromatic nitrogens is 3. The first-order chi connectivity index (χ1) is 13.8. The van der Waals surface area contributed by atoms with Crippen LogP contribution in [0.5, 0.6) is 0 Å². The third-order valence-electron chi connectivity index (χ3n) is 4.65. The molecule has 0 aliphatic rings. The summed E-state index contributed by atoms with van der Waals surface area (Å²) in [4.78, 5) is 16.4. The molecule has 0 aliphatic heterocycles. The molecule has 5 aromatic rings. The zero-order valence-corrected chi connectivity index (χ0v) is 15.6. The lowest BCUT2D eigenvalue weighted by Crippen LogP contribution is -1.94. The van der Waals surface area contributed by atoms with E-state index in [2.05, 4.69) is 34.3 Å². The van der Waals surface area contributed by atoms with E-state index in [0.717, 1.165) is 39.0 Å². The van der Waals surface area contributed by atoms with E-state index >= 15 is 0 Å². The van der Waals surface area contributed by atoms with Gasteiger partial charge in [0.05, 0.1) is 11.3 Å². The molecule has 28 heavy (non-hydrogen) atoms. The monoisotopic (exact) mass is 381 g/mol. The highest BCUT2D eigenvalue weighted by Crippen LogP contribution is 2.28. The Kier molecular flexibility index (Phi) is 4.07. The summed E-state index contributed by atoms with van der Waals surface area (Å²) in [6, 6.07) is 24.3. The topological polar surface area (TPSA) is 47.8 Å². The Hall–Kier alpha value is -3.57. The third kappa shape index (κ3) is 2.92. The standard InChI is InChI=1S/C23H15N3OS/c27-14-20-13-26(23-24-21(15-28-23)17-7-2-1-3-8-17)25-22(20)19-11-10-16-6-4-5-9-18(16)12-19/h1-15H. The number of aldehydes is 1. The fourth-order valence-electron chi connectivity index (χ4n) is 3.24. The van der Waals surface area contributed by atoms with Gasteiger partial charge in [-0.1, -0.05) is 66.7 Å². The third-order valence-corrected chi connectivity index (χ3v) is 5.48. The van der Waals surface area contributed by atoms with E-state index in [-0.39, 0.29) is 0 Å². The second-order valence-electron chi connectivity index (χ2n) is 6.44. The molecule has 0 saturated heterocycles. The second-order valence-corrected chi connectivity index (χ2v) is 7.28. The normalized spacial score (nSPS) is 11.0. The molecule has 2 heterocycles. The van der Waals surface area contributed by atoms with Crippen LogP contribution in [0.25, 0.3) is 38.4 Å². The van der Waals surface area contributed by atoms with Crippen molar-refractivity contribution < 1.29 is 4.79 Å². The van der Waals surface area contributed by atoms with E-state index in [1.807, 2.05) is 53.9 Å². The molecule has 5 heteroatoms. The highest BCUT2D eigenvalue weighted by molar-refractivity contribution is 7.12. The van der Waals surface area contributed by atoms with Gasteiger partial charge in [0.1, 0.15) is 5.69 Å². The molecular formula is C23H15N3OS. The van der Waals surface area contributed by atoms with Crippen molar-refractivity contribution in [3.8, 4) is 27.6 Å². The number of hydrogen-bond donors (Lipinski definition) is 0. The molecule has 0 radical (unpaired) electrons. The number of benzene rings is 3. The fourth-order valence-corrected chi connectivity index (χ4v) is 4.00. The van der Waals surface area contributed by atoms with Crippen LogP contribution in [0.1, 0.15) is 10.4 Å². The minimum Gasteiger partial charge on any atom is -0.298 e. The van der Waals surface area contributed by atoms with E-state index < -0.39 is 0 Å². The largest absolute Gasteiger partial charge is 0.298 e. The average molecular weight is 381 g/mol. The first-order valence-electron chi connectivity index (χ1n) is 8.87. The Morgan fingerprint density at radius 3 is 2.46 bits per heavy atom. The summed E-state index contributed by atoms with van der Waals surface area (Å²) in [6.07, 6.45) is 2.59. The zero-order valence-electron chi connectivity index (χ0n) is 14.8. The second kappa shape index (κ2) is 6.87. The minimum atomic E-state index is 0.548. The summed E-state index contributed by atoms with van der Waals surface area (Å²) in [7, 11) is 0. The Bertz CT molecular complexity index is 1290. The van der Waals surface area contributed by atoms with Crippen molar-refractivity contribution in [1.29, 1.82) is 0 Å². The van der Waals surface area contributed by atoms with Crippen LogP contribution in [0.15, 0.2) is 84.4 Å². The molecule has 0 atom stereocenters. The summed E-state index contributed by atoms with van der Waals surface area (Å²) in [5, 5.41) is 9.68. The zero-order chi connectivity index (χ0) is 18.9. The van der Waals surface area contributed by atoms with Gasteiger partial charge >= 0.3 is 0 Å². The number of hydrogen-bond acceptors (Lipinski definition) is 4. The lowest BCUT2D eigenvalue weighted by Gasteiger charge is -2.02. The van der Waals surface area contributed by atoms with E-state index in [0.29, 0.717) is 11.3 Å². The van der Waals surface area contributed by atoms with Crippen molar-refractivity contribution in [2.75, 3.05) is 0 Å². The summed E-state index contributed by atoms with van der Waals surface area (Å²) in [5.41, 5.74) is 4.09. The number of carbonyl (C=O) groups excluding carboxylic acids is 1. The number of fused-ring (bicyclic) bond motifs is 1. The highest BCUT2D eigenvalue weighted by atomic mass is 32.1. The van der Waals surface area contributed by atoms with Crippen LogP contribution in [-0.4, -0.2) is 21.1 Å².